The zero-order chi connectivity index (χ0) is 32.0. The SMILES string of the molecule is COc1ccc(CNc2cccc([S+]([O-])NNC(=O)c3ccc(C(C)(C)C)nc3Oc3c(C)cc(C)cc3C)n2)c(OC)c1. The van der Waals surface area contributed by atoms with Crippen LogP contribution in [0.25, 0.3) is 0 Å². The Morgan fingerprint density at radius 2 is 1.66 bits per heavy atom. The topological polar surface area (TPSA) is 130 Å². The molecule has 2 heterocycles. The summed E-state index contributed by atoms with van der Waals surface area (Å²) in [7, 11) is 3.19. The molecule has 0 bridgehead atoms. The predicted molar refractivity (Wildman–Crippen MR) is 172 cm³/mol. The lowest BCUT2D eigenvalue weighted by molar-refractivity contribution is 0.0942. The second-order valence-electron chi connectivity index (χ2n) is 11.3. The summed E-state index contributed by atoms with van der Waals surface area (Å²) < 4.78 is 30.1. The number of aryl methyl sites for hydroxylation is 3. The number of ether oxygens (including phenoxy) is 3. The van der Waals surface area contributed by atoms with Crippen LogP contribution in [0.5, 0.6) is 23.1 Å². The number of anilines is 1. The van der Waals surface area contributed by atoms with Crippen LogP contribution in [0.1, 0.15) is 59.1 Å². The Labute approximate surface area is 261 Å². The Morgan fingerprint density at radius 1 is 0.932 bits per heavy atom. The van der Waals surface area contributed by atoms with Crippen LogP contribution in [-0.2, 0) is 23.3 Å². The highest BCUT2D eigenvalue weighted by atomic mass is 32.2. The molecule has 44 heavy (non-hydrogen) atoms. The molecular formula is C33H39N5O5S. The molecule has 0 saturated heterocycles. The van der Waals surface area contributed by atoms with Crippen molar-refractivity contribution < 1.29 is 23.6 Å². The summed E-state index contributed by atoms with van der Waals surface area (Å²) in [5.74, 6) is 2.11. The number of rotatable bonds is 11. The van der Waals surface area contributed by atoms with Gasteiger partial charge < -0.3 is 24.1 Å². The standard InChI is InChI=1S/C33H39N5O5S/c1-20-16-21(2)30(22(3)17-20)43-32-25(14-15-27(35-32)33(4,5)6)31(39)37-38-44(40)29-11-9-10-28(36-29)34-19-23-12-13-24(41-7)18-26(23)42-8/h9-18,38H,19H2,1-8H3,(H,34,36)(H,37,39). The van der Waals surface area contributed by atoms with Gasteiger partial charge in [-0.3, -0.25) is 4.79 Å². The quantitative estimate of drug-likeness (QED) is 0.135. The van der Waals surface area contributed by atoms with Crippen molar-refractivity contribution in [2.24, 2.45) is 0 Å². The minimum absolute atomic E-state index is 0.163. The highest BCUT2D eigenvalue weighted by Crippen LogP contribution is 2.33. The monoisotopic (exact) mass is 617 g/mol. The molecule has 1 amide bonds. The van der Waals surface area contributed by atoms with Crippen molar-refractivity contribution in [2.75, 3.05) is 19.5 Å². The van der Waals surface area contributed by atoms with Gasteiger partial charge in [-0.1, -0.05) is 44.5 Å². The number of aromatic nitrogens is 2. The number of hydrogen-bond donors (Lipinski definition) is 3. The number of nitrogens with one attached hydrogen (secondary N) is 3. The predicted octanol–water partition coefficient (Wildman–Crippen LogP) is 6.08. The van der Waals surface area contributed by atoms with Crippen LogP contribution in [0.3, 0.4) is 0 Å². The zero-order valence-electron chi connectivity index (χ0n) is 26.3. The van der Waals surface area contributed by atoms with Crippen LogP contribution in [0, 0.1) is 20.8 Å². The highest BCUT2D eigenvalue weighted by molar-refractivity contribution is 7.89. The van der Waals surface area contributed by atoms with Crippen molar-refractivity contribution in [1.29, 1.82) is 0 Å². The molecule has 1 atom stereocenters. The fourth-order valence-electron chi connectivity index (χ4n) is 4.55. The van der Waals surface area contributed by atoms with Crippen LogP contribution in [0.4, 0.5) is 5.82 Å². The van der Waals surface area contributed by atoms with Gasteiger partial charge in [-0.2, -0.15) is 4.98 Å². The van der Waals surface area contributed by atoms with Crippen molar-refractivity contribution >= 4 is 23.1 Å². The second kappa shape index (κ2) is 14.0. The number of pyridine rings is 2. The van der Waals surface area contributed by atoms with Crippen molar-refractivity contribution in [1.82, 2.24) is 20.2 Å². The number of nitrogens with zero attached hydrogens (tertiary/aromatic N) is 2. The minimum atomic E-state index is -1.85. The largest absolute Gasteiger partial charge is 0.590 e. The second-order valence-corrected chi connectivity index (χ2v) is 12.5. The Morgan fingerprint density at radius 3 is 2.32 bits per heavy atom. The number of carbonyl (C=O) groups excluding carboxylic acids is 1. The lowest BCUT2D eigenvalue weighted by atomic mass is 9.91. The van der Waals surface area contributed by atoms with Gasteiger partial charge in [0, 0.05) is 35.3 Å². The molecule has 3 N–H and O–H groups in total. The molecule has 4 aromatic rings. The molecule has 0 aliphatic rings. The zero-order valence-corrected chi connectivity index (χ0v) is 27.1. The number of hydrazine groups is 1. The first-order valence-electron chi connectivity index (χ1n) is 14.1. The Bertz CT molecular complexity index is 1620. The molecule has 4 rings (SSSR count). The summed E-state index contributed by atoms with van der Waals surface area (Å²) >= 11 is -1.85. The van der Waals surface area contributed by atoms with Crippen LogP contribution in [-0.4, -0.2) is 34.6 Å². The van der Waals surface area contributed by atoms with E-state index in [-0.39, 0.29) is 21.9 Å². The molecule has 1 unspecified atom stereocenters. The minimum Gasteiger partial charge on any atom is -0.590 e. The van der Waals surface area contributed by atoms with E-state index < -0.39 is 17.3 Å². The first kappa shape index (κ1) is 32.6. The van der Waals surface area contributed by atoms with Gasteiger partial charge in [-0.25, -0.2) is 10.4 Å². The summed E-state index contributed by atoms with van der Waals surface area (Å²) in [4.78, 5) is 25.0. The average molecular weight is 618 g/mol. The molecule has 0 saturated carbocycles. The Kier molecular flexibility index (Phi) is 10.4. The fraction of sp³-hybridized carbons (Fsp3) is 0.303. The third-order valence-electron chi connectivity index (χ3n) is 6.80. The summed E-state index contributed by atoms with van der Waals surface area (Å²) in [5, 5.41) is 3.44. The first-order valence-corrected chi connectivity index (χ1v) is 15.2. The fourth-order valence-corrected chi connectivity index (χ4v) is 5.22. The number of benzene rings is 2. The van der Waals surface area contributed by atoms with E-state index in [1.165, 1.54) is 0 Å². The van der Waals surface area contributed by atoms with Crippen molar-refractivity contribution in [3.8, 4) is 23.1 Å². The molecule has 232 valence electrons. The normalized spacial score (nSPS) is 11.9. The average Bonchev–Trinajstić information content (AvgIpc) is 2.99. The number of hydrogen-bond acceptors (Lipinski definition) is 9. The van der Waals surface area contributed by atoms with Crippen LogP contribution >= 0.6 is 0 Å². The van der Waals surface area contributed by atoms with Crippen LogP contribution < -0.4 is 29.8 Å². The highest BCUT2D eigenvalue weighted by Gasteiger charge is 2.24. The Balaban J connectivity index is 1.48. The van der Waals surface area contributed by atoms with Gasteiger partial charge in [0.1, 0.15) is 40.0 Å². The number of methoxy groups -OCH3 is 2. The van der Waals surface area contributed by atoms with Crippen molar-refractivity contribution in [3.05, 3.63) is 94.2 Å². The molecule has 0 aliphatic carbocycles. The van der Waals surface area contributed by atoms with Gasteiger partial charge in [-0.05, 0) is 67.1 Å². The first-order chi connectivity index (χ1) is 20.9. The van der Waals surface area contributed by atoms with Gasteiger partial charge in [-0.15, -0.1) is 0 Å². The van der Waals surface area contributed by atoms with Gasteiger partial charge >= 0.3 is 0 Å². The summed E-state index contributed by atoms with van der Waals surface area (Å²) in [6, 6.07) is 18.1. The van der Waals surface area contributed by atoms with E-state index >= 15 is 0 Å². The van der Waals surface area contributed by atoms with Crippen molar-refractivity contribution in [2.45, 2.75) is 58.5 Å². The smallest absolute Gasteiger partial charge is 0.274 e. The lowest BCUT2D eigenvalue weighted by Crippen LogP contribution is -2.42. The third kappa shape index (κ3) is 7.98. The van der Waals surface area contributed by atoms with Gasteiger partial charge in [0.2, 0.25) is 5.88 Å². The molecular weight excluding hydrogens is 578 g/mol. The van der Waals surface area contributed by atoms with Crippen LogP contribution in [0.2, 0.25) is 0 Å². The van der Waals surface area contributed by atoms with E-state index in [9.17, 15) is 9.35 Å². The summed E-state index contributed by atoms with van der Waals surface area (Å²) in [5.41, 5.74) is 7.09. The van der Waals surface area contributed by atoms with Gasteiger partial charge in [0.05, 0.1) is 14.2 Å². The van der Waals surface area contributed by atoms with Gasteiger partial charge in [0.25, 0.3) is 10.9 Å². The number of carbonyl (C=O) groups is 1. The van der Waals surface area contributed by atoms with Crippen molar-refractivity contribution in [3.63, 3.8) is 0 Å². The van der Waals surface area contributed by atoms with Gasteiger partial charge in [0.15, 0.2) is 0 Å². The van der Waals surface area contributed by atoms with E-state index in [1.54, 1.807) is 50.6 Å². The molecule has 0 fully saturated rings. The Hall–Kier alpha value is -4.32. The molecule has 0 aliphatic heterocycles. The molecule has 11 heteroatoms. The third-order valence-corrected chi connectivity index (χ3v) is 7.70. The molecule has 2 aromatic heterocycles. The van der Waals surface area contributed by atoms with E-state index in [1.807, 2.05) is 65.8 Å². The van der Waals surface area contributed by atoms with E-state index in [0.29, 0.717) is 29.6 Å². The summed E-state index contributed by atoms with van der Waals surface area (Å²) in [6.45, 7) is 12.5. The lowest BCUT2D eigenvalue weighted by Gasteiger charge is -2.21. The maximum absolute atomic E-state index is 13.3. The molecule has 2 aromatic carbocycles. The number of amides is 1. The maximum Gasteiger partial charge on any atom is 0.274 e. The molecule has 0 spiro atoms. The molecule has 10 nitrogen and oxygen atoms in total. The van der Waals surface area contributed by atoms with E-state index in [4.69, 9.17) is 19.2 Å². The van der Waals surface area contributed by atoms with E-state index in [2.05, 4.69) is 20.6 Å². The van der Waals surface area contributed by atoms with Crippen LogP contribution in [0.15, 0.2) is 65.7 Å². The van der Waals surface area contributed by atoms with E-state index in [0.717, 1.165) is 27.9 Å². The summed E-state index contributed by atoms with van der Waals surface area (Å²) in [6.07, 6.45) is 0. The maximum atomic E-state index is 13.3. The molecule has 0 radical (unpaired) electrons.